The minimum Gasteiger partial charge on any atom is -0.364 e. The van der Waals surface area contributed by atoms with Gasteiger partial charge >= 0.3 is 0 Å². The highest BCUT2D eigenvalue weighted by Gasteiger charge is 2.38. The number of amides is 1. The molecule has 2 aliphatic heterocycles. The van der Waals surface area contributed by atoms with Gasteiger partial charge in [0.2, 0.25) is 5.91 Å². The number of anilines is 1. The van der Waals surface area contributed by atoms with Crippen LogP contribution in [0.25, 0.3) is 0 Å². The molecule has 3 rings (SSSR count). The number of rotatable bonds is 1. The molecule has 2 atom stereocenters. The molecular formula is C11H13N3O2. The highest BCUT2D eigenvalue weighted by molar-refractivity contribution is 5.78. The number of hydrogen-bond acceptors (Lipinski definition) is 4. The second-order valence-corrected chi connectivity index (χ2v) is 4.12. The lowest BCUT2D eigenvalue weighted by Crippen LogP contribution is -2.50. The first-order chi connectivity index (χ1) is 7.83. The molecule has 0 spiro atoms. The fourth-order valence-electron chi connectivity index (χ4n) is 2.24. The van der Waals surface area contributed by atoms with E-state index in [2.05, 4.69) is 15.2 Å². The molecule has 2 saturated heterocycles. The molecule has 5 nitrogen and oxygen atoms in total. The Balaban J connectivity index is 1.75. The van der Waals surface area contributed by atoms with Crippen molar-refractivity contribution in [3.8, 4) is 0 Å². The van der Waals surface area contributed by atoms with Gasteiger partial charge in [0.1, 0.15) is 12.4 Å². The number of carbonyl (C=O) groups excluding carboxylic acids is 1. The highest BCUT2D eigenvalue weighted by Crippen LogP contribution is 2.21. The van der Waals surface area contributed by atoms with Crippen molar-refractivity contribution in [2.24, 2.45) is 0 Å². The summed E-state index contributed by atoms with van der Waals surface area (Å²) >= 11 is 0. The van der Waals surface area contributed by atoms with Crippen molar-refractivity contribution in [3.63, 3.8) is 0 Å². The molecule has 84 valence electrons. The molecule has 2 fully saturated rings. The highest BCUT2D eigenvalue weighted by atomic mass is 16.5. The summed E-state index contributed by atoms with van der Waals surface area (Å²) in [7, 11) is 0. The number of nitrogens with one attached hydrogen (secondary N) is 1. The van der Waals surface area contributed by atoms with Crippen LogP contribution in [0.4, 0.5) is 5.82 Å². The summed E-state index contributed by atoms with van der Waals surface area (Å²) in [6.45, 7) is 1.74. The minimum atomic E-state index is -0.0240. The molecule has 1 aromatic rings. The summed E-state index contributed by atoms with van der Waals surface area (Å²) in [4.78, 5) is 17.6. The second kappa shape index (κ2) is 3.75. The van der Waals surface area contributed by atoms with Crippen molar-refractivity contribution in [3.05, 3.63) is 24.4 Å². The third-order valence-corrected chi connectivity index (χ3v) is 3.01. The quantitative estimate of drug-likeness (QED) is 0.710. The number of carbonyl (C=O) groups is 1. The van der Waals surface area contributed by atoms with E-state index in [1.807, 2.05) is 18.2 Å². The van der Waals surface area contributed by atoms with Crippen molar-refractivity contribution in [1.29, 1.82) is 0 Å². The van der Waals surface area contributed by atoms with Gasteiger partial charge < -0.3 is 15.0 Å². The zero-order valence-corrected chi connectivity index (χ0v) is 8.80. The van der Waals surface area contributed by atoms with Crippen LogP contribution in [-0.2, 0) is 9.53 Å². The van der Waals surface area contributed by atoms with Gasteiger partial charge in [0.25, 0.3) is 0 Å². The van der Waals surface area contributed by atoms with Gasteiger partial charge in [-0.1, -0.05) is 6.07 Å². The summed E-state index contributed by atoms with van der Waals surface area (Å²) in [6, 6.07) is 5.93. The van der Waals surface area contributed by atoms with Crippen LogP contribution in [0.3, 0.4) is 0 Å². The predicted molar refractivity (Wildman–Crippen MR) is 58.1 cm³/mol. The van der Waals surface area contributed by atoms with E-state index >= 15 is 0 Å². The lowest BCUT2D eigenvalue weighted by atomic mass is 10.2. The first-order valence-electron chi connectivity index (χ1n) is 5.40. The molecule has 5 heteroatoms. The van der Waals surface area contributed by atoms with E-state index in [1.54, 1.807) is 6.20 Å². The monoisotopic (exact) mass is 219 g/mol. The molecule has 1 aromatic heterocycles. The molecule has 16 heavy (non-hydrogen) atoms. The second-order valence-electron chi connectivity index (χ2n) is 4.12. The minimum absolute atomic E-state index is 0.0240. The summed E-state index contributed by atoms with van der Waals surface area (Å²) in [5, 5.41) is 2.94. The Morgan fingerprint density at radius 1 is 1.44 bits per heavy atom. The Kier molecular flexibility index (Phi) is 2.25. The van der Waals surface area contributed by atoms with Crippen LogP contribution >= 0.6 is 0 Å². The van der Waals surface area contributed by atoms with Crippen LogP contribution in [0.5, 0.6) is 0 Å². The SMILES string of the molecule is O=C1CO[C@H]2CN(c3ccccn3)C[C@@H]2N1. The number of pyridine rings is 1. The van der Waals surface area contributed by atoms with Crippen LogP contribution < -0.4 is 10.2 Å². The summed E-state index contributed by atoms with van der Waals surface area (Å²) in [5.41, 5.74) is 0. The zero-order valence-electron chi connectivity index (χ0n) is 8.80. The molecule has 0 aliphatic carbocycles. The van der Waals surface area contributed by atoms with Crippen molar-refractivity contribution < 1.29 is 9.53 Å². The topological polar surface area (TPSA) is 54.5 Å². The van der Waals surface area contributed by atoms with E-state index < -0.39 is 0 Å². The van der Waals surface area contributed by atoms with Gasteiger partial charge in [-0.15, -0.1) is 0 Å². The van der Waals surface area contributed by atoms with Crippen LogP contribution in [0.15, 0.2) is 24.4 Å². The third kappa shape index (κ3) is 1.63. The first kappa shape index (κ1) is 9.59. The molecule has 3 heterocycles. The number of nitrogens with zero attached hydrogens (tertiary/aromatic N) is 2. The number of fused-ring (bicyclic) bond motifs is 1. The largest absolute Gasteiger partial charge is 0.364 e. The molecule has 1 amide bonds. The standard InChI is InChI=1S/C11H13N3O2/c15-11-7-16-9-6-14(5-8(9)13-11)10-3-1-2-4-12-10/h1-4,8-9H,5-7H2,(H,13,15)/t8-,9-/m0/s1. The Hall–Kier alpha value is -1.62. The van der Waals surface area contributed by atoms with Crippen molar-refractivity contribution in [2.75, 3.05) is 24.6 Å². The van der Waals surface area contributed by atoms with Gasteiger partial charge in [0, 0.05) is 19.3 Å². The fraction of sp³-hybridized carbons (Fsp3) is 0.455. The first-order valence-corrected chi connectivity index (χ1v) is 5.40. The van der Waals surface area contributed by atoms with Gasteiger partial charge in [-0.25, -0.2) is 4.98 Å². The van der Waals surface area contributed by atoms with Gasteiger partial charge in [-0.2, -0.15) is 0 Å². The van der Waals surface area contributed by atoms with E-state index in [0.717, 1.165) is 18.9 Å². The maximum Gasteiger partial charge on any atom is 0.246 e. The Labute approximate surface area is 93.4 Å². The van der Waals surface area contributed by atoms with E-state index in [-0.39, 0.29) is 24.7 Å². The van der Waals surface area contributed by atoms with E-state index in [0.29, 0.717) is 0 Å². The average Bonchev–Trinajstić information content (AvgIpc) is 2.73. The molecule has 1 N–H and O–H groups in total. The van der Waals surface area contributed by atoms with E-state index in [1.165, 1.54) is 0 Å². The zero-order chi connectivity index (χ0) is 11.0. The van der Waals surface area contributed by atoms with E-state index in [9.17, 15) is 4.79 Å². The van der Waals surface area contributed by atoms with Crippen LogP contribution in [-0.4, -0.2) is 42.7 Å². The van der Waals surface area contributed by atoms with Crippen LogP contribution in [0, 0.1) is 0 Å². The van der Waals surface area contributed by atoms with E-state index in [4.69, 9.17) is 4.74 Å². The summed E-state index contributed by atoms with van der Waals surface area (Å²) < 4.78 is 5.48. The Morgan fingerprint density at radius 2 is 2.38 bits per heavy atom. The maximum absolute atomic E-state index is 11.2. The fourth-order valence-corrected chi connectivity index (χ4v) is 2.24. The van der Waals surface area contributed by atoms with Crippen molar-refractivity contribution in [1.82, 2.24) is 10.3 Å². The molecule has 0 aromatic carbocycles. The number of aromatic nitrogens is 1. The molecule has 0 radical (unpaired) electrons. The molecule has 2 aliphatic rings. The summed E-state index contributed by atoms with van der Waals surface area (Å²) in [5.74, 6) is 0.916. The normalized spacial score (nSPS) is 28.8. The lowest BCUT2D eigenvalue weighted by Gasteiger charge is -2.24. The van der Waals surface area contributed by atoms with Crippen LogP contribution in [0.1, 0.15) is 0 Å². The Morgan fingerprint density at radius 3 is 3.19 bits per heavy atom. The number of hydrogen-bond donors (Lipinski definition) is 1. The molecule has 0 bridgehead atoms. The smallest absolute Gasteiger partial charge is 0.246 e. The maximum atomic E-state index is 11.2. The van der Waals surface area contributed by atoms with Crippen molar-refractivity contribution >= 4 is 11.7 Å². The van der Waals surface area contributed by atoms with Crippen molar-refractivity contribution in [2.45, 2.75) is 12.1 Å². The van der Waals surface area contributed by atoms with Crippen LogP contribution in [0.2, 0.25) is 0 Å². The predicted octanol–water partition coefficient (Wildman–Crippen LogP) is -0.215. The van der Waals surface area contributed by atoms with Gasteiger partial charge in [0.15, 0.2) is 0 Å². The number of morpholine rings is 1. The van der Waals surface area contributed by atoms with Gasteiger partial charge in [-0.3, -0.25) is 4.79 Å². The Bertz CT molecular complexity index is 395. The lowest BCUT2D eigenvalue weighted by molar-refractivity contribution is -0.134. The molecule has 0 saturated carbocycles. The summed E-state index contributed by atoms with van der Waals surface area (Å²) in [6.07, 6.45) is 1.87. The van der Waals surface area contributed by atoms with Gasteiger partial charge in [0.05, 0.1) is 12.1 Å². The molecule has 0 unspecified atom stereocenters. The number of ether oxygens (including phenoxy) is 1. The van der Waals surface area contributed by atoms with Gasteiger partial charge in [-0.05, 0) is 12.1 Å². The molecular weight excluding hydrogens is 206 g/mol. The average molecular weight is 219 g/mol. The third-order valence-electron chi connectivity index (χ3n) is 3.01.